The number of nitrogens with zero attached hydrogens (tertiary/aromatic N) is 2. The second-order valence-corrected chi connectivity index (χ2v) is 3.87. The van der Waals surface area contributed by atoms with Crippen molar-refractivity contribution in [2.24, 2.45) is 5.73 Å². The maximum Gasteiger partial charge on any atom is 0.219 e. The van der Waals surface area contributed by atoms with Gasteiger partial charge >= 0.3 is 0 Å². The average Bonchev–Trinajstić information content (AvgIpc) is 2.27. The van der Waals surface area contributed by atoms with E-state index >= 15 is 0 Å². The summed E-state index contributed by atoms with van der Waals surface area (Å²) in [5, 5.41) is 6.19. The number of rotatable bonds is 6. The molecule has 0 aliphatic heterocycles. The van der Waals surface area contributed by atoms with Crippen LogP contribution in [0.2, 0.25) is 0 Å². The normalized spacial score (nSPS) is 11.9. The SMILES string of the molecule is CCc1c(NC)ncnc1NC(C)CC(N)=O. The molecule has 4 N–H and O–H groups in total. The molecule has 0 aromatic carbocycles. The number of amides is 1. The van der Waals surface area contributed by atoms with Gasteiger partial charge in [0, 0.05) is 25.1 Å². The van der Waals surface area contributed by atoms with Crippen molar-refractivity contribution in [3.05, 3.63) is 11.9 Å². The van der Waals surface area contributed by atoms with Crippen LogP contribution in [0.3, 0.4) is 0 Å². The molecule has 17 heavy (non-hydrogen) atoms. The Morgan fingerprint density at radius 3 is 2.65 bits per heavy atom. The topological polar surface area (TPSA) is 92.9 Å². The largest absolute Gasteiger partial charge is 0.373 e. The summed E-state index contributed by atoms with van der Waals surface area (Å²) < 4.78 is 0. The standard InChI is InChI=1S/C11H19N5O/c1-4-8-10(13-3)14-6-15-11(8)16-7(2)5-9(12)17/h6-7H,4-5H2,1-3H3,(H2,12,17)(H2,13,14,15,16). The first-order valence-corrected chi connectivity index (χ1v) is 5.64. The average molecular weight is 237 g/mol. The van der Waals surface area contributed by atoms with Crippen LogP contribution < -0.4 is 16.4 Å². The predicted octanol–water partition coefficient (Wildman–Crippen LogP) is 0.756. The Balaban J connectivity index is 2.86. The first-order valence-electron chi connectivity index (χ1n) is 5.64. The highest BCUT2D eigenvalue weighted by Crippen LogP contribution is 2.20. The fourth-order valence-corrected chi connectivity index (χ4v) is 1.67. The van der Waals surface area contributed by atoms with Crippen LogP contribution in [0.1, 0.15) is 25.8 Å². The van der Waals surface area contributed by atoms with Gasteiger partial charge in [0.2, 0.25) is 5.91 Å². The quantitative estimate of drug-likeness (QED) is 0.679. The predicted molar refractivity (Wildman–Crippen MR) is 67.9 cm³/mol. The van der Waals surface area contributed by atoms with Crippen LogP contribution in [0.5, 0.6) is 0 Å². The molecule has 1 rings (SSSR count). The van der Waals surface area contributed by atoms with Crippen LogP contribution in [-0.4, -0.2) is 29.0 Å². The van der Waals surface area contributed by atoms with Gasteiger partial charge < -0.3 is 16.4 Å². The molecule has 6 nitrogen and oxygen atoms in total. The molecule has 1 aromatic rings. The number of carbonyl (C=O) groups excluding carboxylic acids is 1. The number of primary amides is 1. The Morgan fingerprint density at radius 1 is 1.47 bits per heavy atom. The van der Waals surface area contributed by atoms with E-state index in [0.29, 0.717) is 0 Å². The van der Waals surface area contributed by atoms with Crippen LogP contribution in [0.4, 0.5) is 11.6 Å². The van der Waals surface area contributed by atoms with E-state index in [4.69, 9.17) is 5.73 Å². The lowest BCUT2D eigenvalue weighted by molar-refractivity contribution is -0.118. The molecular weight excluding hydrogens is 218 g/mol. The molecule has 0 fully saturated rings. The molecule has 0 saturated carbocycles. The van der Waals surface area contributed by atoms with Crippen LogP contribution >= 0.6 is 0 Å². The van der Waals surface area contributed by atoms with Crippen molar-refractivity contribution in [1.29, 1.82) is 0 Å². The van der Waals surface area contributed by atoms with Gasteiger partial charge in [-0.2, -0.15) is 0 Å². The number of carbonyl (C=O) groups is 1. The maximum absolute atomic E-state index is 10.8. The van der Waals surface area contributed by atoms with E-state index in [1.165, 1.54) is 6.33 Å². The van der Waals surface area contributed by atoms with Crippen LogP contribution in [0, 0.1) is 0 Å². The van der Waals surface area contributed by atoms with Crippen molar-refractivity contribution in [3.63, 3.8) is 0 Å². The van der Waals surface area contributed by atoms with E-state index in [-0.39, 0.29) is 18.4 Å². The summed E-state index contributed by atoms with van der Waals surface area (Å²) >= 11 is 0. The van der Waals surface area contributed by atoms with Crippen molar-refractivity contribution in [2.45, 2.75) is 32.7 Å². The van der Waals surface area contributed by atoms with Gasteiger partial charge in [0.05, 0.1) is 0 Å². The highest BCUT2D eigenvalue weighted by Gasteiger charge is 2.12. The Morgan fingerprint density at radius 2 is 2.12 bits per heavy atom. The lowest BCUT2D eigenvalue weighted by Crippen LogP contribution is -2.25. The number of nitrogens with one attached hydrogen (secondary N) is 2. The number of nitrogens with two attached hydrogens (primary N) is 1. The van der Waals surface area contributed by atoms with E-state index in [2.05, 4.69) is 20.6 Å². The molecular formula is C11H19N5O. The highest BCUT2D eigenvalue weighted by atomic mass is 16.1. The van der Waals surface area contributed by atoms with Gasteiger partial charge in [0.25, 0.3) is 0 Å². The molecule has 6 heteroatoms. The molecule has 0 spiro atoms. The van der Waals surface area contributed by atoms with Gasteiger partial charge in [-0.05, 0) is 13.3 Å². The van der Waals surface area contributed by atoms with Crippen molar-refractivity contribution >= 4 is 17.5 Å². The minimum atomic E-state index is -0.328. The van der Waals surface area contributed by atoms with Gasteiger partial charge in [0.1, 0.15) is 18.0 Å². The minimum absolute atomic E-state index is 0.0441. The fraction of sp³-hybridized carbons (Fsp3) is 0.545. The summed E-state index contributed by atoms with van der Waals surface area (Å²) in [6.07, 6.45) is 2.58. The van der Waals surface area contributed by atoms with Crippen molar-refractivity contribution in [3.8, 4) is 0 Å². The van der Waals surface area contributed by atoms with Gasteiger partial charge in [0.15, 0.2) is 0 Å². The number of anilines is 2. The Hall–Kier alpha value is -1.85. The fourth-order valence-electron chi connectivity index (χ4n) is 1.67. The number of hydrogen-bond donors (Lipinski definition) is 3. The van der Waals surface area contributed by atoms with Crippen molar-refractivity contribution < 1.29 is 4.79 Å². The van der Waals surface area contributed by atoms with Gasteiger partial charge in [-0.15, -0.1) is 0 Å². The number of aromatic nitrogens is 2. The van der Waals surface area contributed by atoms with E-state index in [1.54, 1.807) is 0 Å². The molecule has 1 aromatic heterocycles. The summed E-state index contributed by atoms with van der Waals surface area (Å²) in [5.41, 5.74) is 6.16. The van der Waals surface area contributed by atoms with Gasteiger partial charge in [-0.3, -0.25) is 4.79 Å². The zero-order valence-electron chi connectivity index (χ0n) is 10.4. The Bertz CT molecular complexity index is 393. The second-order valence-electron chi connectivity index (χ2n) is 3.87. The van der Waals surface area contributed by atoms with Gasteiger partial charge in [-0.1, -0.05) is 6.92 Å². The summed E-state index contributed by atoms with van der Waals surface area (Å²) in [6.45, 7) is 3.93. The molecule has 0 saturated heterocycles. The molecule has 94 valence electrons. The van der Waals surface area contributed by atoms with Crippen molar-refractivity contribution in [1.82, 2.24) is 9.97 Å². The Kier molecular flexibility index (Phi) is 4.68. The highest BCUT2D eigenvalue weighted by molar-refractivity contribution is 5.75. The molecule has 0 aliphatic carbocycles. The lowest BCUT2D eigenvalue weighted by atomic mass is 10.2. The molecule has 0 aliphatic rings. The first-order chi connectivity index (χ1) is 8.08. The minimum Gasteiger partial charge on any atom is -0.373 e. The summed E-state index contributed by atoms with van der Waals surface area (Å²) in [5.74, 6) is 1.22. The van der Waals surface area contributed by atoms with E-state index in [0.717, 1.165) is 23.6 Å². The third-order valence-electron chi connectivity index (χ3n) is 2.43. The van der Waals surface area contributed by atoms with Crippen LogP contribution in [0.15, 0.2) is 6.33 Å². The third-order valence-corrected chi connectivity index (χ3v) is 2.43. The van der Waals surface area contributed by atoms with Gasteiger partial charge in [-0.25, -0.2) is 9.97 Å². The summed E-state index contributed by atoms with van der Waals surface area (Å²) in [4.78, 5) is 19.1. The first kappa shape index (κ1) is 13.2. The number of hydrogen-bond acceptors (Lipinski definition) is 5. The van der Waals surface area contributed by atoms with Crippen LogP contribution in [-0.2, 0) is 11.2 Å². The van der Waals surface area contributed by atoms with E-state index in [9.17, 15) is 4.79 Å². The van der Waals surface area contributed by atoms with Crippen LogP contribution in [0.25, 0.3) is 0 Å². The molecule has 1 unspecified atom stereocenters. The molecule has 0 radical (unpaired) electrons. The summed E-state index contributed by atoms with van der Waals surface area (Å²) in [6, 6.07) is -0.0441. The smallest absolute Gasteiger partial charge is 0.219 e. The third kappa shape index (κ3) is 3.58. The summed E-state index contributed by atoms with van der Waals surface area (Å²) in [7, 11) is 1.82. The lowest BCUT2D eigenvalue weighted by Gasteiger charge is -2.16. The molecule has 0 bridgehead atoms. The monoisotopic (exact) mass is 237 g/mol. The van der Waals surface area contributed by atoms with Crippen molar-refractivity contribution in [2.75, 3.05) is 17.7 Å². The molecule has 1 heterocycles. The maximum atomic E-state index is 10.8. The second kappa shape index (κ2) is 6.03. The zero-order chi connectivity index (χ0) is 12.8. The Labute approximate surface area is 101 Å². The van der Waals surface area contributed by atoms with E-state index < -0.39 is 0 Å². The molecule has 1 atom stereocenters. The molecule has 1 amide bonds. The zero-order valence-corrected chi connectivity index (χ0v) is 10.4. The van der Waals surface area contributed by atoms with E-state index in [1.807, 2.05) is 20.9 Å².